The normalized spacial score (nSPS) is 18.4. The number of ether oxygens (including phenoxy) is 1. The van der Waals surface area contributed by atoms with Crippen LogP contribution in [0, 0.1) is 0 Å². The summed E-state index contributed by atoms with van der Waals surface area (Å²) in [6, 6.07) is 6.41. The van der Waals surface area contributed by atoms with E-state index in [0.717, 1.165) is 24.2 Å². The predicted octanol–water partition coefficient (Wildman–Crippen LogP) is 1.52. The van der Waals surface area contributed by atoms with Gasteiger partial charge in [0.2, 0.25) is 0 Å². The van der Waals surface area contributed by atoms with Gasteiger partial charge in [0.05, 0.1) is 29.5 Å². The third-order valence-electron chi connectivity index (χ3n) is 6.54. The standard InChI is InChI=1S/C24H22N4O8/c29-18(26-28-22(33)24(25-23(28)34)8-2-1-3-9-24)13-36-21(32)14-6-7-16-17(11-14)20(31)27(19(16)30)12-15-5-4-10-35-15/h4-7,10-11H,1-3,8-9,12-13H2,(H,25,34)(H,26,29). The minimum atomic E-state index is -1.00. The Kier molecular flexibility index (Phi) is 5.78. The second-order valence-electron chi connectivity index (χ2n) is 8.86. The summed E-state index contributed by atoms with van der Waals surface area (Å²) < 4.78 is 10.2. The van der Waals surface area contributed by atoms with Crippen LogP contribution in [0.1, 0.15) is 68.9 Å². The molecule has 0 unspecified atom stereocenters. The number of carbonyl (C=O) groups is 6. The van der Waals surface area contributed by atoms with Gasteiger partial charge in [-0.1, -0.05) is 19.3 Å². The fourth-order valence-electron chi connectivity index (χ4n) is 4.71. The number of carbonyl (C=O) groups excluding carboxylic acids is 6. The van der Waals surface area contributed by atoms with Crippen molar-refractivity contribution in [3.05, 3.63) is 59.0 Å². The van der Waals surface area contributed by atoms with Crippen LogP contribution in [0.5, 0.6) is 0 Å². The Hall–Kier alpha value is -4.48. The number of urea groups is 1. The summed E-state index contributed by atoms with van der Waals surface area (Å²) in [6.45, 7) is -0.819. The van der Waals surface area contributed by atoms with Crippen molar-refractivity contribution in [3.8, 4) is 0 Å². The molecule has 3 aliphatic rings. The van der Waals surface area contributed by atoms with Crippen molar-refractivity contribution in [1.82, 2.24) is 20.7 Å². The number of benzene rings is 1. The van der Waals surface area contributed by atoms with E-state index in [2.05, 4.69) is 10.7 Å². The molecular formula is C24H22N4O8. The minimum Gasteiger partial charge on any atom is -0.467 e. The number of nitrogens with zero attached hydrogens (tertiary/aromatic N) is 2. The second-order valence-corrected chi connectivity index (χ2v) is 8.86. The lowest BCUT2D eigenvalue weighted by molar-refractivity contribution is -0.140. The van der Waals surface area contributed by atoms with Crippen LogP contribution in [0.3, 0.4) is 0 Å². The Labute approximate surface area is 204 Å². The van der Waals surface area contributed by atoms with Crippen molar-refractivity contribution in [3.63, 3.8) is 0 Å². The number of imide groups is 2. The van der Waals surface area contributed by atoms with E-state index in [-0.39, 0.29) is 23.2 Å². The molecular weight excluding hydrogens is 472 g/mol. The molecule has 0 bridgehead atoms. The molecule has 12 heteroatoms. The highest BCUT2D eigenvalue weighted by atomic mass is 16.5. The maximum atomic E-state index is 12.7. The van der Waals surface area contributed by atoms with E-state index in [1.165, 1.54) is 24.5 Å². The Morgan fingerprint density at radius 1 is 1.03 bits per heavy atom. The van der Waals surface area contributed by atoms with Crippen LogP contribution in [-0.2, 0) is 20.9 Å². The molecule has 0 atom stereocenters. The van der Waals surface area contributed by atoms with Crippen molar-refractivity contribution in [2.24, 2.45) is 0 Å². The third kappa shape index (κ3) is 4.00. The molecule has 1 saturated heterocycles. The maximum Gasteiger partial charge on any atom is 0.344 e. The highest BCUT2D eigenvalue weighted by molar-refractivity contribution is 6.21. The molecule has 2 aromatic rings. The average Bonchev–Trinajstić information content (AvgIpc) is 3.54. The number of hydrogen-bond donors (Lipinski definition) is 2. The zero-order valence-corrected chi connectivity index (χ0v) is 19.1. The highest BCUT2D eigenvalue weighted by Gasteiger charge is 2.52. The van der Waals surface area contributed by atoms with Gasteiger partial charge in [-0.2, -0.15) is 5.01 Å². The molecule has 1 aromatic heterocycles. The van der Waals surface area contributed by atoms with Crippen LogP contribution >= 0.6 is 0 Å². The van der Waals surface area contributed by atoms with Crippen molar-refractivity contribution >= 4 is 35.6 Å². The van der Waals surface area contributed by atoms with Gasteiger partial charge in [0.25, 0.3) is 23.6 Å². The molecule has 0 radical (unpaired) electrons. The van der Waals surface area contributed by atoms with Gasteiger partial charge in [0, 0.05) is 0 Å². The minimum absolute atomic E-state index is 0.0302. The van der Waals surface area contributed by atoms with Crippen molar-refractivity contribution < 1.29 is 37.9 Å². The van der Waals surface area contributed by atoms with Gasteiger partial charge in [-0.3, -0.25) is 29.5 Å². The number of rotatable bonds is 6. The molecule has 2 N–H and O–H groups in total. The number of hydrazine groups is 1. The molecule has 186 valence electrons. The number of hydrogen-bond acceptors (Lipinski definition) is 8. The Morgan fingerprint density at radius 2 is 1.78 bits per heavy atom. The molecule has 1 aromatic carbocycles. The lowest BCUT2D eigenvalue weighted by Gasteiger charge is -2.30. The van der Waals surface area contributed by atoms with Crippen LogP contribution in [0.2, 0.25) is 0 Å². The Morgan fingerprint density at radius 3 is 2.50 bits per heavy atom. The van der Waals surface area contributed by atoms with E-state index in [1.54, 1.807) is 12.1 Å². The molecule has 36 heavy (non-hydrogen) atoms. The first kappa shape index (κ1) is 23.3. The van der Waals surface area contributed by atoms with Crippen LogP contribution in [-0.4, -0.2) is 57.7 Å². The van der Waals surface area contributed by atoms with Gasteiger partial charge in [-0.25, -0.2) is 9.59 Å². The SMILES string of the molecule is O=C(COC(=O)c1ccc2c(c1)C(=O)N(Cc1ccco1)C2=O)NN1C(=O)NC2(CCCCC2)C1=O. The van der Waals surface area contributed by atoms with Gasteiger partial charge in [-0.15, -0.1) is 0 Å². The van der Waals surface area contributed by atoms with Gasteiger partial charge >= 0.3 is 12.0 Å². The van der Waals surface area contributed by atoms with E-state index in [0.29, 0.717) is 23.6 Å². The van der Waals surface area contributed by atoms with Crippen LogP contribution in [0.4, 0.5) is 4.79 Å². The van der Waals surface area contributed by atoms with Gasteiger partial charge in [0.15, 0.2) is 6.61 Å². The summed E-state index contributed by atoms with van der Waals surface area (Å²) in [5.74, 6) is -3.01. The molecule has 2 aliphatic heterocycles. The summed E-state index contributed by atoms with van der Waals surface area (Å²) in [5.41, 5.74) is 1.30. The van der Waals surface area contributed by atoms with Crippen LogP contribution < -0.4 is 10.7 Å². The van der Waals surface area contributed by atoms with E-state index in [4.69, 9.17) is 9.15 Å². The van der Waals surface area contributed by atoms with Crippen LogP contribution in [0.25, 0.3) is 0 Å². The lowest BCUT2D eigenvalue weighted by atomic mass is 9.82. The smallest absolute Gasteiger partial charge is 0.344 e. The maximum absolute atomic E-state index is 12.7. The van der Waals surface area contributed by atoms with Gasteiger partial charge in [0.1, 0.15) is 11.3 Å². The first-order chi connectivity index (χ1) is 17.3. The average molecular weight is 494 g/mol. The van der Waals surface area contributed by atoms with Crippen LogP contribution in [0.15, 0.2) is 41.0 Å². The fourth-order valence-corrected chi connectivity index (χ4v) is 4.71. The van der Waals surface area contributed by atoms with Crippen molar-refractivity contribution in [1.29, 1.82) is 0 Å². The highest BCUT2D eigenvalue weighted by Crippen LogP contribution is 2.33. The van der Waals surface area contributed by atoms with E-state index in [9.17, 15) is 28.8 Å². The van der Waals surface area contributed by atoms with E-state index in [1.807, 2.05) is 0 Å². The lowest BCUT2D eigenvalue weighted by Crippen LogP contribution is -2.51. The third-order valence-corrected chi connectivity index (χ3v) is 6.54. The molecule has 12 nitrogen and oxygen atoms in total. The summed E-state index contributed by atoms with van der Waals surface area (Å²) in [6.07, 6.45) is 4.98. The molecule has 1 aliphatic carbocycles. The number of esters is 1. The van der Waals surface area contributed by atoms with E-state index < -0.39 is 47.8 Å². The molecule has 2 fully saturated rings. The number of nitrogens with one attached hydrogen (secondary N) is 2. The Balaban J connectivity index is 1.19. The number of furan rings is 1. The summed E-state index contributed by atoms with van der Waals surface area (Å²) >= 11 is 0. The number of amides is 6. The zero-order valence-electron chi connectivity index (χ0n) is 19.1. The summed E-state index contributed by atoms with van der Waals surface area (Å²) in [5, 5.41) is 3.28. The van der Waals surface area contributed by atoms with Crippen molar-refractivity contribution in [2.75, 3.05) is 6.61 Å². The summed E-state index contributed by atoms with van der Waals surface area (Å²) in [4.78, 5) is 76.1. The number of fused-ring (bicyclic) bond motifs is 1. The molecule has 6 amide bonds. The molecule has 1 spiro atoms. The predicted molar refractivity (Wildman–Crippen MR) is 119 cm³/mol. The first-order valence-electron chi connectivity index (χ1n) is 11.4. The molecule has 3 heterocycles. The van der Waals surface area contributed by atoms with E-state index >= 15 is 0 Å². The van der Waals surface area contributed by atoms with Gasteiger partial charge in [-0.05, 0) is 43.2 Å². The van der Waals surface area contributed by atoms with Crippen molar-refractivity contribution in [2.45, 2.75) is 44.2 Å². The molecule has 5 rings (SSSR count). The fraction of sp³-hybridized carbons (Fsp3) is 0.333. The summed E-state index contributed by atoms with van der Waals surface area (Å²) in [7, 11) is 0. The monoisotopic (exact) mass is 494 g/mol. The molecule has 1 saturated carbocycles. The topological polar surface area (TPSA) is 155 Å². The van der Waals surface area contributed by atoms with Gasteiger partial charge < -0.3 is 14.5 Å². The first-order valence-corrected chi connectivity index (χ1v) is 11.4. The second kappa shape index (κ2) is 8.95. The largest absolute Gasteiger partial charge is 0.467 e. The zero-order chi connectivity index (χ0) is 25.4. The Bertz CT molecular complexity index is 1280. The quantitative estimate of drug-likeness (QED) is 0.348.